The van der Waals surface area contributed by atoms with Crippen molar-refractivity contribution in [1.29, 1.82) is 0 Å². The molecule has 0 spiro atoms. The Labute approximate surface area is 159 Å². The summed E-state index contributed by atoms with van der Waals surface area (Å²) < 4.78 is 186. The average Bonchev–Trinajstić information content (AvgIpc) is 2.35. The van der Waals surface area contributed by atoms with Crippen molar-refractivity contribution in [2.24, 2.45) is 0 Å². The van der Waals surface area contributed by atoms with Gasteiger partial charge in [-0.3, -0.25) is 0 Å². The third-order valence-corrected chi connectivity index (χ3v) is 2.58. The predicted molar refractivity (Wildman–Crippen MR) is 44.4 cm³/mol. The molecule has 0 radical (unpaired) electrons. The van der Waals surface area contributed by atoms with Crippen LogP contribution in [-0.2, 0) is 4.79 Å². The van der Waals surface area contributed by atoms with Crippen LogP contribution in [0.2, 0.25) is 0 Å². The molecule has 0 aliphatic rings. The first-order valence-corrected chi connectivity index (χ1v) is 4.99. The molecule has 0 fully saturated rings. The van der Waals surface area contributed by atoms with Crippen LogP contribution in [-0.4, -0.2) is 53.2 Å². The summed E-state index contributed by atoms with van der Waals surface area (Å²) in [5, 5.41) is 9.61. The zero-order valence-electron chi connectivity index (χ0n) is 12.0. The second-order valence-electron chi connectivity index (χ2n) is 4.23. The summed E-state index contributed by atoms with van der Waals surface area (Å²) in [5.74, 6) is -53.3. The van der Waals surface area contributed by atoms with Gasteiger partial charge in [0.25, 0.3) is 0 Å². The van der Waals surface area contributed by atoms with Gasteiger partial charge in [0.15, 0.2) is 0 Å². The Balaban J connectivity index is -0.00000288. The van der Waals surface area contributed by atoms with Crippen LogP contribution in [0.3, 0.4) is 0 Å². The van der Waals surface area contributed by atoms with Gasteiger partial charge in [0.05, 0.1) is 0 Å². The van der Waals surface area contributed by atoms with Crippen molar-refractivity contribution in [3.8, 4) is 0 Å². The fourth-order valence-corrected chi connectivity index (χ4v) is 1.09. The summed E-state index contributed by atoms with van der Waals surface area (Å²) in [6.07, 6.45) is -7.71. The average molecular weight is 454 g/mol. The molecular weight excluding hydrogens is 452 g/mol. The molecule has 0 bridgehead atoms. The van der Waals surface area contributed by atoms with Gasteiger partial charge < -0.3 is 15.4 Å². The number of carbonyl (C=O) groups is 1. The van der Waals surface area contributed by atoms with Gasteiger partial charge in [0.1, 0.15) is 5.97 Å². The number of aliphatic carboxylic acids is 1. The molecule has 0 saturated carbocycles. The van der Waals surface area contributed by atoms with Gasteiger partial charge in [0.2, 0.25) is 0 Å². The van der Waals surface area contributed by atoms with Gasteiger partial charge in [-0.2, -0.15) is 65.9 Å². The van der Waals surface area contributed by atoms with E-state index in [1.807, 2.05) is 0 Å². The topological polar surface area (TPSA) is 71.6 Å². The molecule has 0 unspecified atom stereocenters. The van der Waals surface area contributed by atoms with E-state index in [9.17, 15) is 75.8 Å². The van der Waals surface area contributed by atoms with E-state index in [-0.39, 0.29) is 35.0 Å². The molecule has 2 N–H and O–H groups in total. The summed E-state index contributed by atoms with van der Waals surface area (Å²) in [6.45, 7) is 0. The predicted octanol–water partition coefficient (Wildman–Crippen LogP) is -0.710. The number of alkyl halides is 15. The molecule has 0 aliphatic carbocycles. The zero-order valence-corrected chi connectivity index (χ0v) is 14.0. The maximum atomic E-state index is 12.8. The molecule has 3 nitrogen and oxygen atoms in total. The summed E-state index contributed by atoms with van der Waals surface area (Å²) in [5.41, 5.74) is 0. The molecule has 0 atom stereocenters. The van der Waals surface area contributed by atoms with Crippen molar-refractivity contribution in [3.63, 3.8) is 0 Å². The van der Waals surface area contributed by atoms with Crippen molar-refractivity contribution >= 4 is 5.97 Å². The Morgan fingerprint density at radius 1 is 0.519 bits per heavy atom. The van der Waals surface area contributed by atoms with Gasteiger partial charge >= 0.3 is 71.3 Å². The summed E-state index contributed by atoms with van der Waals surface area (Å²) in [4.78, 5) is 9.61. The third kappa shape index (κ3) is 3.93. The monoisotopic (exact) mass is 454 g/mol. The van der Waals surface area contributed by atoms with E-state index in [0.717, 1.165) is 0 Å². The van der Waals surface area contributed by atoms with Crippen LogP contribution in [0.1, 0.15) is 0 Å². The number of carboxylic acid groups (broad SMARTS) is 1. The smallest absolute Gasteiger partial charge is 0.544 e. The van der Waals surface area contributed by atoms with Crippen LogP contribution >= 0.6 is 0 Å². The Morgan fingerprint density at radius 2 is 0.741 bits per heavy atom. The second kappa shape index (κ2) is 7.66. The van der Waals surface area contributed by atoms with E-state index >= 15 is 0 Å². The Kier molecular flexibility index (Phi) is 8.82. The van der Waals surface area contributed by atoms with Crippen molar-refractivity contribution in [2.75, 3.05) is 0 Å². The Hall–Kier alpha value is -0.620. The van der Waals surface area contributed by atoms with Crippen LogP contribution in [0.4, 0.5) is 65.9 Å². The van der Waals surface area contributed by atoms with E-state index in [2.05, 4.69) is 0 Å². The number of carbonyl (C=O) groups excluding carboxylic acids is 1. The summed E-state index contributed by atoms with van der Waals surface area (Å²) >= 11 is 0. The number of rotatable bonds is 6. The molecule has 0 aromatic carbocycles. The Morgan fingerprint density at radius 3 is 0.963 bits per heavy atom. The quantitative estimate of drug-likeness (QED) is 0.393. The van der Waals surface area contributed by atoms with Crippen LogP contribution in [0.15, 0.2) is 0 Å². The fraction of sp³-hybridized carbons (Fsp3) is 0.875. The maximum Gasteiger partial charge on any atom is 1.00 e. The van der Waals surface area contributed by atoms with Crippen molar-refractivity contribution in [3.05, 3.63) is 0 Å². The zero-order chi connectivity index (χ0) is 21.1. The molecule has 0 heterocycles. The molecule has 0 aromatic rings. The normalized spacial score (nSPS) is 14.9. The largest absolute Gasteiger partial charge is 1.00 e. The first-order valence-electron chi connectivity index (χ1n) is 4.99. The number of hydrogen-bond donors (Lipinski definition) is 0. The van der Waals surface area contributed by atoms with Crippen molar-refractivity contribution < 1.29 is 111 Å². The van der Waals surface area contributed by atoms with Gasteiger partial charge in [-0.1, -0.05) is 0 Å². The molecule has 158 valence electrons. The second-order valence-corrected chi connectivity index (χ2v) is 4.23. The molecule has 27 heavy (non-hydrogen) atoms. The van der Waals surface area contributed by atoms with Crippen LogP contribution in [0.25, 0.3) is 0 Å². The van der Waals surface area contributed by atoms with E-state index in [1.54, 1.807) is 0 Å². The van der Waals surface area contributed by atoms with E-state index in [1.165, 1.54) is 0 Å². The molecule has 19 heteroatoms. The SMILES string of the molecule is O.O=C([O-])C(F)(F)C(F)(F)C(F)(F)C(F)(F)C(F)(F)C(F)(F)C(F)(F)F.[Na+]. The molecule has 0 amide bonds. The Bertz CT molecular complexity index is 540. The molecule has 0 saturated heterocycles. The van der Waals surface area contributed by atoms with Gasteiger partial charge in [-0.15, -0.1) is 0 Å². The van der Waals surface area contributed by atoms with Gasteiger partial charge in [0, 0.05) is 0 Å². The van der Waals surface area contributed by atoms with Crippen LogP contribution < -0.4 is 34.7 Å². The van der Waals surface area contributed by atoms with E-state index < -0.39 is 47.7 Å². The molecular formula is C8H2F15NaO3. The molecule has 0 rings (SSSR count). The maximum absolute atomic E-state index is 12.8. The first kappa shape index (κ1) is 31.1. The summed E-state index contributed by atoms with van der Waals surface area (Å²) in [7, 11) is 0. The van der Waals surface area contributed by atoms with Gasteiger partial charge in [-0.25, -0.2) is 0 Å². The minimum absolute atomic E-state index is 0. The van der Waals surface area contributed by atoms with E-state index in [0.29, 0.717) is 0 Å². The van der Waals surface area contributed by atoms with E-state index in [4.69, 9.17) is 0 Å². The number of halogens is 15. The standard InChI is InChI=1S/C8HF15O2.Na.H2O/c9-2(10,1(24)25)3(11,12)4(13,14)5(15,16)6(17,18)7(19,20)8(21,22)23;;/h(H,24,25);;1H2/q;+1;/p-1. The minimum Gasteiger partial charge on any atom is -0.544 e. The molecule has 0 aliphatic heterocycles. The molecule has 0 aromatic heterocycles. The summed E-state index contributed by atoms with van der Waals surface area (Å²) in [6, 6.07) is 0. The van der Waals surface area contributed by atoms with Crippen molar-refractivity contribution in [2.45, 2.75) is 41.7 Å². The first-order chi connectivity index (χ1) is 10.4. The minimum atomic E-state index is -8.50. The fourth-order valence-electron chi connectivity index (χ4n) is 1.09. The number of hydrogen-bond acceptors (Lipinski definition) is 2. The van der Waals surface area contributed by atoms with Crippen LogP contribution in [0, 0.1) is 0 Å². The number of carboxylic acids is 1. The van der Waals surface area contributed by atoms with Crippen molar-refractivity contribution in [1.82, 2.24) is 0 Å². The van der Waals surface area contributed by atoms with Crippen LogP contribution in [0.5, 0.6) is 0 Å². The van der Waals surface area contributed by atoms with Gasteiger partial charge in [-0.05, 0) is 0 Å². The third-order valence-electron chi connectivity index (χ3n) is 2.58.